The summed E-state index contributed by atoms with van der Waals surface area (Å²) in [7, 11) is 0. The Hall–Kier alpha value is -1.50. The summed E-state index contributed by atoms with van der Waals surface area (Å²) >= 11 is 5.79. The summed E-state index contributed by atoms with van der Waals surface area (Å²) in [5.74, 6) is 0. The van der Waals surface area contributed by atoms with Crippen LogP contribution < -0.4 is 5.48 Å². The van der Waals surface area contributed by atoms with Gasteiger partial charge in [-0.2, -0.15) is 5.26 Å². The van der Waals surface area contributed by atoms with Crippen molar-refractivity contribution in [2.75, 3.05) is 0 Å². The minimum atomic E-state index is 0.458. The molecule has 1 aliphatic rings. The summed E-state index contributed by atoms with van der Waals surface area (Å²) in [6.45, 7) is 0.458. The molecule has 0 bridgehead atoms. The van der Waals surface area contributed by atoms with Crippen LogP contribution in [0.5, 0.6) is 0 Å². The van der Waals surface area contributed by atoms with Crippen LogP contribution in [0.4, 0.5) is 0 Å². The number of nitrogens with one attached hydrogen (secondary N) is 1. The van der Waals surface area contributed by atoms with E-state index in [9.17, 15) is 0 Å². The smallest absolute Gasteiger partial charge is 0.0996 e. The molecule has 3 nitrogen and oxygen atoms in total. The van der Waals surface area contributed by atoms with Gasteiger partial charge in [-0.15, -0.1) is 0 Å². The molecule has 4 heteroatoms. The number of nitriles is 1. The molecule has 0 heterocycles. The molecule has 0 atom stereocenters. The van der Waals surface area contributed by atoms with E-state index in [1.54, 1.807) is 0 Å². The second kappa shape index (κ2) is 5.72. The Morgan fingerprint density at radius 1 is 1.29 bits per heavy atom. The van der Waals surface area contributed by atoms with Crippen molar-refractivity contribution in [1.82, 2.24) is 5.48 Å². The van der Waals surface area contributed by atoms with Gasteiger partial charge in [0.25, 0.3) is 0 Å². The monoisotopic (exact) mass is 248 g/mol. The number of rotatable bonds is 4. The van der Waals surface area contributed by atoms with Gasteiger partial charge in [-0.25, -0.2) is 0 Å². The van der Waals surface area contributed by atoms with E-state index in [4.69, 9.17) is 21.7 Å². The van der Waals surface area contributed by atoms with Crippen LogP contribution >= 0.6 is 11.6 Å². The molecule has 17 heavy (non-hydrogen) atoms. The van der Waals surface area contributed by atoms with Crippen LogP contribution in [0.2, 0.25) is 5.02 Å². The molecule has 2 rings (SSSR count). The third-order valence-corrected chi connectivity index (χ3v) is 2.95. The SMILES string of the molecule is N#CC1=C(NOCc2ccc(Cl)cc2)CCC1. The molecule has 1 aromatic carbocycles. The zero-order valence-corrected chi connectivity index (χ0v) is 10.1. The van der Waals surface area contributed by atoms with Gasteiger partial charge in [0.1, 0.15) is 0 Å². The van der Waals surface area contributed by atoms with E-state index in [2.05, 4.69) is 11.5 Å². The van der Waals surface area contributed by atoms with Crippen molar-refractivity contribution in [1.29, 1.82) is 5.26 Å². The predicted molar refractivity (Wildman–Crippen MR) is 65.9 cm³/mol. The lowest BCUT2D eigenvalue weighted by atomic mass is 10.2. The molecule has 0 unspecified atom stereocenters. The average molecular weight is 249 g/mol. The maximum Gasteiger partial charge on any atom is 0.0996 e. The topological polar surface area (TPSA) is 45.0 Å². The standard InChI is InChI=1S/C13H13ClN2O/c14-12-6-4-10(5-7-12)9-17-16-13-3-1-2-11(13)8-15/h4-7,16H,1-3,9H2. The van der Waals surface area contributed by atoms with E-state index in [1.165, 1.54) is 0 Å². The van der Waals surface area contributed by atoms with Crippen LogP contribution in [0.15, 0.2) is 35.5 Å². The second-order valence-electron chi connectivity index (χ2n) is 3.94. The molecule has 1 aromatic rings. The molecule has 1 N–H and O–H groups in total. The molecule has 1 aliphatic carbocycles. The van der Waals surface area contributed by atoms with Gasteiger partial charge in [0.05, 0.1) is 23.9 Å². The molecular formula is C13H13ClN2O. The van der Waals surface area contributed by atoms with E-state index in [0.717, 1.165) is 36.1 Å². The Morgan fingerprint density at radius 3 is 2.76 bits per heavy atom. The maximum absolute atomic E-state index is 8.87. The van der Waals surface area contributed by atoms with E-state index in [0.29, 0.717) is 11.6 Å². The molecule has 0 fully saturated rings. The Morgan fingerprint density at radius 2 is 2.06 bits per heavy atom. The predicted octanol–water partition coefficient (Wildman–Crippen LogP) is 3.32. The van der Waals surface area contributed by atoms with Crippen molar-refractivity contribution in [2.45, 2.75) is 25.9 Å². The Bertz CT molecular complexity index is 459. The van der Waals surface area contributed by atoms with Gasteiger partial charge in [-0.05, 0) is 37.0 Å². The van der Waals surface area contributed by atoms with Gasteiger partial charge in [0, 0.05) is 5.02 Å². The van der Waals surface area contributed by atoms with Gasteiger partial charge in [-0.3, -0.25) is 10.3 Å². The van der Waals surface area contributed by atoms with Crippen molar-refractivity contribution in [2.24, 2.45) is 0 Å². The number of hydrogen-bond acceptors (Lipinski definition) is 3. The van der Waals surface area contributed by atoms with Gasteiger partial charge < -0.3 is 0 Å². The fourth-order valence-corrected chi connectivity index (χ4v) is 1.89. The molecule has 0 amide bonds. The van der Waals surface area contributed by atoms with Crippen LogP contribution in [0, 0.1) is 11.3 Å². The Balaban J connectivity index is 1.84. The lowest BCUT2D eigenvalue weighted by Crippen LogP contribution is -2.13. The summed E-state index contributed by atoms with van der Waals surface area (Å²) < 4.78 is 0. The molecule has 0 radical (unpaired) electrons. The fraction of sp³-hybridized carbons (Fsp3) is 0.308. The minimum absolute atomic E-state index is 0.458. The van der Waals surface area contributed by atoms with Crippen LogP contribution in [0.25, 0.3) is 0 Å². The number of hydrogen-bond donors (Lipinski definition) is 1. The molecule has 0 saturated heterocycles. The summed E-state index contributed by atoms with van der Waals surface area (Å²) in [6.07, 6.45) is 2.77. The largest absolute Gasteiger partial charge is 0.272 e. The lowest BCUT2D eigenvalue weighted by Gasteiger charge is -2.08. The van der Waals surface area contributed by atoms with Gasteiger partial charge in [-0.1, -0.05) is 23.7 Å². The second-order valence-corrected chi connectivity index (χ2v) is 4.38. The molecule has 0 aromatic heterocycles. The van der Waals surface area contributed by atoms with Gasteiger partial charge >= 0.3 is 0 Å². The van der Waals surface area contributed by atoms with Crippen molar-refractivity contribution in [3.05, 3.63) is 46.1 Å². The van der Waals surface area contributed by atoms with Crippen LogP contribution in [-0.2, 0) is 11.4 Å². The van der Waals surface area contributed by atoms with E-state index in [1.807, 2.05) is 24.3 Å². The third-order valence-electron chi connectivity index (χ3n) is 2.70. The molecular weight excluding hydrogens is 236 g/mol. The molecule has 0 saturated carbocycles. The third kappa shape index (κ3) is 3.23. The highest BCUT2D eigenvalue weighted by Gasteiger charge is 2.13. The minimum Gasteiger partial charge on any atom is -0.272 e. The Kier molecular flexibility index (Phi) is 4.03. The average Bonchev–Trinajstić information content (AvgIpc) is 2.79. The van der Waals surface area contributed by atoms with Crippen LogP contribution in [-0.4, -0.2) is 0 Å². The number of halogens is 1. The van der Waals surface area contributed by atoms with E-state index in [-0.39, 0.29) is 0 Å². The first kappa shape index (κ1) is 12.0. The summed E-state index contributed by atoms with van der Waals surface area (Å²) in [4.78, 5) is 5.37. The maximum atomic E-state index is 8.87. The van der Waals surface area contributed by atoms with Crippen molar-refractivity contribution in [3.63, 3.8) is 0 Å². The first-order valence-corrected chi connectivity index (χ1v) is 5.92. The fourth-order valence-electron chi connectivity index (χ4n) is 1.77. The number of nitrogens with zero attached hydrogens (tertiary/aromatic N) is 1. The van der Waals surface area contributed by atoms with Crippen molar-refractivity contribution in [3.8, 4) is 6.07 Å². The number of benzene rings is 1. The highest BCUT2D eigenvalue weighted by molar-refractivity contribution is 6.30. The summed E-state index contributed by atoms with van der Waals surface area (Å²) in [5, 5.41) is 9.58. The highest BCUT2D eigenvalue weighted by atomic mass is 35.5. The highest BCUT2D eigenvalue weighted by Crippen LogP contribution is 2.23. The van der Waals surface area contributed by atoms with E-state index >= 15 is 0 Å². The van der Waals surface area contributed by atoms with Crippen molar-refractivity contribution < 1.29 is 4.84 Å². The van der Waals surface area contributed by atoms with E-state index < -0.39 is 0 Å². The number of allylic oxidation sites excluding steroid dienone is 2. The first-order chi connectivity index (χ1) is 8.29. The zero-order valence-electron chi connectivity index (χ0n) is 9.37. The van der Waals surface area contributed by atoms with Gasteiger partial charge in [0.2, 0.25) is 0 Å². The van der Waals surface area contributed by atoms with Crippen LogP contribution in [0.3, 0.4) is 0 Å². The summed E-state index contributed by atoms with van der Waals surface area (Å²) in [6, 6.07) is 9.68. The first-order valence-electron chi connectivity index (χ1n) is 5.54. The normalized spacial score (nSPS) is 14.8. The van der Waals surface area contributed by atoms with Crippen LogP contribution in [0.1, 0.15) is 24.8 Å². The molecule has 0 aliphatic heterocycles. The zero-order chi connectivity index (χ0) is 12.1. The molecule has 88 valence electrons. The van der Waals surface area contributed by atoms with Crippen molar-refractivity contribution >= 4 is 11.6 Å². The number of hydroxylamine groups is 1. The quantitative estimate of drug-likeness (QED) is 0.832. The summed E-state index contributed by atoms with van der Waals surface area (Å²) in [5.41, 5.74) is 5.64. The molecule has 0 spiro atoms. The Labute approximate surface area is 106 Å². The lowest BCUT2D eigenvalue weighted by molar-refractivity contribution is 0.0474. The van der Waals surface area contributed by atoms with Gasteiger partial charge in [0.15, 0.2) is 0 Å².